The molecule has 3 heteroatoms. The Labute approximate surface area is 116 Å². The molecule has 0 saturated carbocycles. The second-order valence-corrected chi connectivity index (χ2v) is 5.67. The third kappa shape index (κ3) is 6.39. The first kappa shape index (κ1) is 15.7. The Morgan fingerprint density at radius 3 is 2.42 bits per heavy atom. The van der Waals surface area contributed by atoms with Crippen LogP contribution in [-0.4, -0.2) is 18.0 Å². The molecular formula is C16H26N2O. The average molecular weight is 262 g/mol. The minimum Gasteiger partial charge on any atom is -0.352 e. The third-order valence-electron chi connectivity index (χ3n) is 3.16. The highest BCUT2D eigenvalue weighted by Gasteiger charge is 2.16. The summed E-state index contributed by atoms with van der Waals surface area (Å²) >= 11 is 0. The standard InChI is InChI=1S/C16H26N2O/c1-12(2)11-15(17)16(19)18-13(3)9-10-14-7-5-4-6-8-14/h4-8,12-13,15H,9-11,17H2,1-3H3,(H,18,19). The first-order chi connectivity index (χ1) is 8.99. The van der Waals surface area contributed by atoms with E-state index in [1.807, 2.05) is 25.1 Å². The number of nitrogens with one attached hydrogen (secondary N) is 1. The predicted molar refractivity (Wildman–Crippen MR) is 79.8 cm³/mol. The summed E-state index contributed by atoms with van der Waals surface area (Å²) in [6.45, 7) is 6.18. The van der Waals surface area contributed by atoms with Gasteiger partial charge in [-0.2, -0.15) is 0 Å². The topological polar surface area (TPSA) is 55.1 Å². The minimum absolute atomic E-state index is 0.0331. The molecule has 1 amide bonds. The van der Waals surface area contributed by atoms with Gasteiger partial charge in [-0.3, -0.25) is 4.79 Å². The highest BCUT2D eigenvalue weighted by molar-refractivity contribution is 5.81. The Balaban J connectivity index is 2.30. The molecule has 0 aromatic heterocycles. The van der Waals surface area contributed by atoms with E-state index in [1.54, 1.807) is 0 Å². The second kappa shape index (κ2) is 7.95. The summed E-state index contributed by atoms with van der Waals surface area (Å²) in [6.07, 6.45) is 2.64. The van der Waals surface area contributed by atoms with Crippen LogP contribution in [0.5, 0.6) is 0 Å². The van der Waals surface area contributed by atoms with Crippen molar-refractivity contribution in [3.63, 3.8) is 0 Å². The van der Waals surface area contributed by atoms with E-state index < -0.39 is 0 Å². The Kier molecular flexibility index (Phi) is 6.57. The summed E-state index contributed by atoms with van der Waals surface area (Å²) in [5.41, 5.74) is 7.16. The highest BCUT2D eigenvalue weighted by atomic mass is 16.2. The molecule has 2 atom stereocenters. The van der Waals surface area contributed by atoms with Crippen LogP contribution in [0.2, 0.25) is 0 Å². The Morgan fingerprint density at radius 1 is 1.21 bits per heavy atom. The van der Waals surface area contributed by atoms with Gasteiger partial charge in [-0.05, 0) is 37.7 Å². The maximum Gasteiger partial charge on any atom is 0.237 e. The molecule has 0 spiro atoms. The molecular weight excluding hydrogens is 236 g/mol. The Morgan fingerprint density at radius 2 is 1.84 bits per heavy atom. The van der Waals surface area contributed by atoms with Gasteiger partial charge in [0, 0.05) is 6.04 Å². The second-order valence-electron chi connectivity index (χ2n) is 5.67. The Hall–Kier alpha value is -1.35. The van der Waals surface area contributed by atoms with E-state index >= 15 is 0 Å². The van der Waals surface area contributed by atoms with E-state index in [0.717, 1.165) is 19.3 Å². The SMILES string of the molecule is CC(C)CC(N)C(=O)NC(C)CCc1ccccc1. The van der Waals surface area contributed by atoms with E-state index in [1.165, 1.54) is 5.56 Å². The van der Waals surface area contributed by atoms with Gasteiger partial charge in [-0.1, -0.05) is 44.2 Å². The lowest BCUT2D eigenvalue weighted by Gasteiger charge is -2.18. The normalized spacial score (nSPS) is 14.2. The van der Waals surface area contributed by atoms with E-state index in [2.05, 4.69) is 31.3 Å². The first-order valence-corrected chi connectivity index (χ1v) is 7.09. The molecule has 0 aliphatic heterocycles. The van der Waals surface area contributed by atoms with Crippen LogP contribution in [0.4, 0.5) is 0 Å². The van der Waals surface area contributed by atoms with Crippen molar-refractivity contribution in [1.29, 1.82) is 0 Å². The van der Waals surface area contributed by atoms with Crippen molar-refractivity contribution >= 4 is 5.91 Å². The smallest absolute Gasteiger partial charge is 0.237 e. The van der Waals surface area contributed by atoms with E-state index in [0.29, 0.717) is 5.92 Å². The number of amides is 1. The molecule has 19 heavy (non-hydrogen) atoms. The van der Waals surface area contributed by atoms with Gasteiger partial charge in [0.25, 0.3) is 0 Å². The average Bonchev–Trinajstić information content (AvgIpc) is 2.36. The maximum atomic E-state index is 11.9. The van der Waals surface area contributed by atoms with Crippen molar-refractivity contribution in [2.45, 2.75) is 52.1 Å². The van der Waals surface area contributed by atoms with Gasteiger partial charge in [0.15, 0.2) is 0 Å². The van der Waals surface area contributed by atoms with Gasteiger partial charge in [0.2, 0.25) is 5.91 Å². The van der Waals surface area contributed by atoms with Crippen LogP contribution in [0.1, 0.15) is 39.2 Å². The fourth-order valence-corrected chi connectivity index (χ4v) is 2.06. The zero-order chi connectivity index (χ0) is 14.3. The summed E-state index contributed by atoms with van der Waals surface area (Å²) in [5, 5.41) is 2.99. The summed E-state index contributed by atoms with van der Waals surface area (Å²) < 4.78 is 0. The molecule has 0 fully saturated rings. The van der Waals surface area contributed by atoms with E-state index in [4.69, 9.17) is 5.73 Å². The summed E-state index contributed by atoms with van der Waals surface area (Å²) in [7, 11) is 0. The lowest BCUT2D eigenvalue weighted by atomic mass is 10.0. The maximum absolute atomic E-state index is 11.9. The quantitative estimate of drug-likeness (QED) is 0.793. The number of aryl methyl sites for hydroxylation is 1. The molecule has 3 nitrogen and oxygen atoms in total. The number of benzene rings is 1. The van der Waals surface area contributed by atoms with Crippen molar-refractivity contribution < 1.29 is 4.79 Å². The molecule has 0 aliphatic carbocycles. The molecule has 1 rings (SSSR count). The van der Waals surface area contributed by atoms with Crippen molar-refractivity contribution in [1.82, 2.24) is 5.32 Å². The molecule has 1 aromatic rings. The fraction of sp³-hybridized carbons (Fsp3) is 0.562. The third-order valence-corrected chi connectivity index (χ3v) is 3.16. The lowest BCUT2D eigenvalue weighted by molar-refractivity contribution is -0.123. The molecule has 2 unspecified atom stereocenters. The summed E-state index contributed by atoms with van der Waals surface area (Å²) in [5.74, 6) is 0.412. The predicted octanol–water partition coefficient (Wildman–Crippen LogP) is 2.50. The summed E-state index contributed by atoms with van der Waals surface area (Å²) in [4.78, 5) is 11.9. The number of carbonyl (C=O) groups is 1. The molecule has 0 saturated heterocycles. The number of nitrogens with two attached hydrogens (primary N) is 1. The molecule has 106 valence electrons. The van der Waals surface area contributed by atoms with Crippen LogP contribution >= 0.6 is 0 Å². The van der Waals surface area contributed by atoms with E-state index in [9.17, 15) is 4.79 Å². The number of hydrogen-bond acceptors (Lipinski definition) is 2. The molecule has 0 heterocycles. The lowest BCUT2D eigenvalue weighted by Crippen LogP contribution is -2.45. The van der Waals surface area contributed by atoms with Gasteiger partial charge >= 0.3 is 0 Å². The molecule has 1 aromatic carbocycles. The minimum atomic E-state index is -0.390. The number of hydrogen-bond donors (Lipinski definition) is 2. The molecule has 0 bridgehead atoms. The van der Waals surface area contributed by atoms with Crippen molar-refractivity contribution in [2.24, 2.45) is 11.7 Å². The fourth-order valence-electron chi connectivity index (χ4n) is 2.06. The van der Waals surface area contributed by atoms with Crippen LogP contribution in [0.25, 0.3) is 0 Å². The van der Waals surface area contributed by atoms with Crippen LogP contribution in [0.15, 0.2) is 30.3 Å². The Bertz CT molecular complexity index is 376. The zero-order valence-corrected chi connectivity index (χ0v) is 12.2. The van der Waals surface area contributed by atoms with Crippen molar-refractivity contribution in [3.8, 4) is 0 Å². The summed E-state index contributed by atoms with van der Waals surface area (Å²) in [6, 6.07) is 10.1. The van der Waals surface area contributed by atoms with Crippen LogP contribution < -0.4 is 11.1 Å². The van der Waals surface area contributed by atoms with Crippen LogP contribution in [0.3, 0.4) is 0 Å². The molecule has 3 N–H and O–H groups in total. The van der Waals surface area contributed by atoms with Gasteiger partial charge < -0.3 is 11.1 Å². The van der Waals surface area contributed by atoms with Gasteiger partial charge in [-0.25, -0.2) is 0 Å². The van der Waals surface area contributed by atoms with Crippen molar-refractivity contribution in [3.05, 3.63) is 35.9 Å². The highest BCUT2D eigenvalue weighted by Crippen LogP contribution is 2.06. The molecule has 0 aliphatic rings. The number of carbonyl (C=O) groups excluding carboxylic acids is 1. The van der Waals surface area contributed by atoms with Gasteiger partial charge in [0.1, 0.15) is 0 Å². The number of rotatable bonds is 7. The van der Waals surface area contributed by atoms with Crippen molar-refractivity contribution in [2.75, 3.05) is 0 Å². The van der Waals surface area contributed by atoms with Crippen LogP contribution in [0, 0.1) is 5.92 Å². The van der Waals surface area contributed by atoms with Gasteiger partial charge in [0.05, 0.1) is 6.04 Å². The molecule has 0 radical (unpaired) electrons. The van der Waals surface area contributed by atoms with Gasteiger partial charge in [-0.15, -0.1) is 0 Å². The monoisotopic (exact) mass is 262 g/mol. The van der Waals surface area contributed by atoms with Crippen LogP contribution in [-0.2, 0) is 11.2 Å². The first-order valence-electron chi connectivity index (χ1n) is 7.09. The largest absolute Gasteiger partial charge is 0.352 e. The van der Waals surface area contributed by atoms with E-state index in [-0.39, 0.29) is 18.0 Å². The zero-order valence-electron chi connectivity index (χ0n) is 12.2.